The van der Waals surface area contributed by atoms with E-state index in [-0.39, 0.29) is 11.5 Å². The Morgan fingerprint density at radius 1 is 1.44 bits per heavy atom. The summed E-state index contributed by atoms with van der Waals surface area (Å²) in [6, 6.07) is 4.28. The minimum absolute atomic E-state index is 0.243. The van der Waals surface area contributed by atoms with Gasteiger partial charge in [-0.05, 0) is 12.1 Å². The zero-order valence-corrected chi connectivity index (χ0v) is 8.27. The molecule has 0 aliphatic rings. The third-order valence-electron chi connectivity index (χ3n) is 1.99. The lowest BCUT2D eigenvalue weighted by Crippen LogP contribution is -2.23. The van der Waals surface area contributed by atoms with Crippen LogP contribution in [0.4, 0.5) is 4.39 Å². The van der Waals surface area contributed by atoms with Gasteiger partial charge in [-0.2, -0.15) is 9.49 Å². The molecular weight excluding hydrogens is 211 g/mol. The number of amides is 1. The van der Waals surface area contributed by atoms with E-state index < -0.39 is 5.95 Å². The Bertz CT molecular complexity index is 483. The Kier molecular flexibility index (Phi) is 2.90. The van der Waals surface area contributed by atoms with Crippen LogP contribution in [-0.2, 0) is 6.54 Å². The summed E-state index contributed by atoms with van der Waals surface area (Å²) in [6.45, 7) is 0.322. The first-order valence-electron chi connectivity index (χ1n) is 4.64. The van der Waals surface area contributed by atoms with Crippen molar-refractivity contribution < 1.29 is 9.18 Å². The van der Waals surface area contributed by atoms with Gasteiger partial charge in [-0.1, -0.05) is 0 Å². The van der Waals surface area contributed by atoms with Gasteiger partial charge in [0.05, 0.1) is 12.2 Å². The zero-order valence-electron chi connectivity index (χ0n) is 8.27. The van der Waals surface area contributed by atoms with Crippen molar-refractivity contribution >= 4 is 5.91 Å². The van der Waals surface area contributed by atoms with Crippen LogP contribution in [0.25, 0.3) is 0 Å². The van der Waals surface area contributed by atoms with Gasteiger partial charge in [0.2, 0.25) is 5.95 Å². The fourth-order valence-corrected chi connectivity index (χ4v) is 1.20. The van der Waals surface area contributed by atoms with Crippen LogP contribution >= 0.6 is 0 Å². The third-order valence-corrected chi connectivity index (χ3v) is 1.99. The number of pyridine rings is 1. The molecule has 2 aromatic heterocycles. The van der Waals surface area contributed by atoms with Gasteiger partial charge in [-0.3, -0.25) is 9.89 Å². The monoisotopic (exact) mass is 220 g/mol. The van der Waals surface area contributed by atoms with Gasteiger partial charge in [-0.25, -0.2) is 4.98 Å². The van der Waals surface area contributed by atoms with E-state index >= 15 is 0 Å². The Balaban J connectivity index is 1.98. The van der Waals surface area contributed by atoms with Crippen molar-refractivity contribution in [2.24, 2.45) is 0 Å². The number of hydrogen-bond acceptors (Lipinski definition) is 3. The number of carbonyl (C=O) groups excluding carboxylic acids is 1. The van der Waals surface area contributed by atoms with E-state index in [1.807, 2.05) is 0 Å². The summed E-state index contributed by atoms with van der Waals surface area (Å²) >= 11 is 0. The van der Waals surface area contributed by atoms with Crippen molar-refractivity contribution in [2.75, 3.05) is 0 Å². The minimum Gasteiger partial charge on any atom is -0.346 e. The molecule has 0 unspecified atom stereocenters. The quantitative estimate of drug-likeness (QED) is 0.754. The van der Waals surface area contributed by atoms with Gasteiger partial charge < -0.3 is 5.32 Å². The van der Waals surface area contributed by atoms with Crippen LogP contribution in [0.5, 0.6) is 0 Å². The molecule has 0 spiro atoms. The maximum atomic E-state index is 12.7. The van der Waals surface area contributed by atoms with E-state index in [9.17, 15) is 9.18 Å². The van der Waals surface area contributed by atoms with Gasteiger partial charge in [-0.15, -0.1) is 0 Å². The Hall–Kier alpha value is -2.24. The van der Waals surface area contributed by atoms with Crippen LogP contribution in [0.2, 0.25) is 0 Å². The number of carbonyl (C=O) groups is 1. The molecule has 0 saturated carbocycles. The van der Waals surface area contributed by atoms with Crippen molar-refractivity contribution in [1.29, 1.82) is 0 Å². The summed E-state index contributed by atoms with van der Waals surface area (Å²) in [4.78, 5) is 14.9. The van der Waals surface area contributed by atoms with Crippen LogP contribution in [0.15, 0.2) is 30.6 Å². The fraction of sp³-hybridized carbons (Fsp3) is 0.100. The predicted molar refractivity (Wildman–Crippen MR) is 54.0 cm³/mol. The number of aromatic amines is 1. The average Bonchev–Trinajstić information content (AvgIpc) is 2.78. The molecular formula is C10H9FN4O. The lowest BCUT2D eigenvalue weighted by molar-refractivity contribution is 0.0949. The highest BCUT2D eigenvalue weighted by atomic mass is 19.1. The van der Waals surface area contributed by atoms with Crippen molar-refractivity contribution in [2.45, 2.75) is 6.54 Å². The highest BCUT2D eigenvalue weighted by Crippen LogP contribution is 2.00. The van der Waals surface area contributed by atoms with Crippen LogP contribution in [0.3, 0.4) is 0 Å². The molecule has 2 N–H and O–H groups in total. The second kappa shape index (κ2) is 4.52. The first-order valence-corrected chi connectivity index (χ1v) is 4.64. The smallest absolute Gasteiger partial charge is 0.251 e. The number of nitrogens with one attached hydrogen (secondary N) is 2. The number of hydrogen-bond donors (Lipinski definition) is 2. The van der Waals surface area contributed by atoms with Gasteiger partial charge in [0, 0.05) is 24.0 Å². The molecule has 0 radical (unpaired) electrons. The number of rotatable bonds is 3. The highest BCUT2D eigenvalue weighted by Gasteiger charge is 2.06. The molecule has 0 bridgehead atoms. The molecule has 0 aromatic carbocycles. The molecule has 0 aliphatic carbocycles. The molecule has 1 amide bonds. The molecule has 2 aromatic rings. The van der Waals surface area contributed by atoms with Gasteiger partial charge in [0.1, 0.15) is 0 Å². The van der Waals surface area contributed by atoms with Crippen molar-refractivity contribution in [1.82, 2.24) is 20.5 Å². The number of nitrogens with zero attached hydrogens (tertiary/aromatic N) is 2. The summed E-state index contributed by atoms with van der Waals surface area (Å²) in [6.07, 6.45) is 2.84. The number of H-pyrrole nitrogens is 1. The SMILES string of the molecule is O=C(NCc1ccn[nH]1)c1ccnc(F)c1. The van der Waals surface area contributed by atoms with Gasteiger partial charge in [0.25, 0.3) is 5.91 Å². The Morgan fingerprint density at radius 3 is 3.00 bits per heavy atom. The largest absolute Gasteiger partial charge is 0.346 e. The summed E-state index contributed by atoms with van der Waals surface area (Å²) in [5.74, 6) is -1.02. The number of halogens is 1. The fourth-order valence-electron chi connectivity index (χ4n) is 1.20. The minimum atomic E-state index is -0.672. The average molecular weight is 220 g/mol. The molecule has 2 rings (SSSR count). The van der Waals surface area contributed by atoms with E-state index in [0.717, 1.165) is 11.8 Å². The molecule has 0 aliphatic heterocycles. The topological polar surface area (TPSA) is 70.7 Å². The summed E-state index contributed by atoms with van der Waals surface area (Å²) in [5.41, 5.74) is 1.02. The second-order valence-electron chi connectivity index (χ2n) is 3.13. The summed E-state index contributed by atoms with van der Waals surface area (Å²) in [5, 5.41) is 9.07. The first-order chi connectivity index (χ1) is 7.75. The van der Waals surface area contributed by atoms with Crippen molar-refractivity contribution in [3.63, 3.8) is 0 Å². The lowest BCUT2D eigenvalue weighted by atomic mass is 10.2. The molecule has 16 heavy (non-hydrogen) atoms. The summed E-state index contributed by atoms with van der Waals surface area (Å²) < 4.78 is 12.7. The predicted octanol–water partition coefficient (Wildman–Crippen LogP) is 0.874. The first kappa shape index (κ1) is 10.3. The molecule has 0 fully saturated rings. The molecule has 0 saturated heterocycles. The Morgan fingerprint density at radius 2 is 2.31 bits per heavy atom. The maximum absolute atomic E-state index is 12.7. The lowest BCUT2D eigenvalue weighted by Gasteiger charge is -2.02. The molecule has 2 heterocycles. The molecule has 0 atom stereocenters. The van der Waals surface area contributed by atoms with E-state index in [1.54, 1.807) is 12.3 Å². The third kappa shape index (κ3) is 2.41. The van der Waals surface area contributed by atoms with E-state index in [1.165, 1.54) is 12.3 Å². The van der Waals surface area contributed by atoms with E-state index in [0.29, 0.717) is 6.54 Å². The van der Waals surface area contributed by atoms with Crippen molar-refractivity contribution in [3.8, 4) is 0 Å². The molecule has 6 heteroatoms. The van der Waals surface area contributed by atoms with E-state index in [2.05, 4.69) is 20.5 Å². The van der Waals surface area contributed by atoms with Crippen molar-refractivity contribution in [3.05, 3.63) is 47.8 Å². The van der Waals surface area contributed by atoms with Crippen LogP contribution in [0, 0.1) is 5.95 Å². The molecule has 82 valence electrons. The van der Waals surface area contributed by atoms with Crippen LogP contribution < -0.4 is 5.32 Å². The summed E-state index contributed by atoms with van der Waals surface area (Å²) in [7, 11) is 0. The molecule has 5 nitrogen and oxygen atoms in total. The maximum Gasteiger partial charge on any atom is 0.251 e. The Labute approximate surface area is 90.7 Å². The van der Waals surface area contributed by atoms with Gasteiger partial charge in [0.15, 0.2) is 0 Å². The normalized spacial score (nSPS) is 10.1. The van der Waals surface area contributed by atoms with Crippen LogP contribution in [0.1, 0.15) is 16.1 Å². The highest BCUT2D eigenvalue weighted by molar-refractivity contribution is 5.93. The number of aromatic nitrogens is 3. The van der Waals surface area contributed by atoms with E-state index in [4.69, 9.17) is 0 Å². The second-order valence-corrected chi connectivity index (χ2v) is 3.13. The zero-order chi connectivity index (χ0) is 11.4. The van der Waals surface area contributed by atoms with Crippen LogP contribution in [-0.4, -0.2) is 21.1 Å². The standard InChI is InChI=1S/C10H9FN4O/c11-9-5-7(1-3-12-9)10(16)13-6-8-2-4-14-15-8/h1-5H,6H2,(H,13,16)(H,14,15). The van der Waals surface area contributed by atoms with Gasteiger partial charge >= 0.3 is 0 Å².